The Morgan fingerprint density at radius 1 is 1.18 bits per heavy atom. The van der Waals surface area contributed by atoms with Gasteiger partial charge in [0.1, 0.15) is 0 Å². The molecule has 0 fully saturated rings. The smallest absolute Gasteiger partial charge is 0.379 e. The molecule has 0 bridgehead atoms. The normalized spacial score (nSPS) is 11.8. The third-order valence-electron chi connectivity index (χ3n) is 3.35. The lowest BCUT2D eigenvalue weighted by Crippen LogP contribution is -2.05. The maximum atomic E-state index is 12.7. The van der Waals surface area contributed by atoms with E-state index in [1.165, 1.54) is 12.3 Å². The van der Waals surface area contributed by atoms with Crippen LogP contribution >= 0.6 is 11.3 Å². The molecule has 3 aromatic rings. The quantitative estimate of drug-likeness (QED) is 0.763. The van der Waals surface area contributed by atoms with Crippen molar-refractivity contribution in [1.82, 2.24) is 9.97 Å². The van der Waals surface area contributed by atoms with E-state index in [1.807, 2.05) is 6.92 Å². The summed E-state index contributed by atoms with van der Waals surface area (Å²) in [6, 6.07) is 5.35. The third kappa shape index (κ3) is 2.89. The van der Waals surface area contributed by atoms with E-state index in [4.69, 9.17) is 0 Å². The molecular formula is C15H12F3N3S. The third-order valence-corrected chi connectivity index (χ3v) is 4.29. The van der Waals surface area contributed by atoms with Gasteiger partial charge in [-0.15, -0.1) is 11.3 Å². The van der Waals surface area contributed by atoms with Gasteiger partial charge in [0.25, 0.3) is 0 Å². The molecule has 0 unspecified atom stereocenters. The average Bonchev–Trinajstić information content (AvgIpc) is 2.89. The van der Waals surface area contributed by atoms with E-state index >= 15 is 0 Å². The predicted molar refractivity (Wildman–Crippen MR) is 80.9 cm³/mol. The number of hydrogen-bond acceptors (Lipinski definition) is 4. The minimum Gasteiger partial charge on any atom is -0.379 e. The molecule has 0 aliphatic carbocycles. The summed E-state index contributed by atoms with van der Waals surface area (Å²) >= 11 is 1.54. The molecule has 0 aliphatic heterocycles. The highest BCUT2D eigenvalue weighted by atomic mass is 32.1. The van der Waals surface area contributed by atoms with Gasteiger partial charge in [0, 0.05) is 22.1 Å². The van der Waals surface area contributed by atoms with E-state index in [-0.39, 0.29) is 0 Å². The first-order chi connectivity index (χ1) is 10.4. The second kappa shape index (κ2) is 5.57. The fourth-order valence-electron chi connectivity index (χ4n) is 2.15. The Morgan fingerprint density at radius 2 is 2.00 bits per heavy atom. The van der Waals surface area contributed by atoms with E-state index in [9.17, 15) is 13.2 Å². The molecular weight excluding hydrogens is 311 g/mol. The van der Waals surface area contributed by atoms with E-state index in [1.54, 1.807) is 22.9 Å². The maximum absolute atomic E-state index is 12.7. The lowest BCUT2D eigenvalue weighted by Gasteiger charge is -2.11. The van der Waals surface area contributed by atoms with Gasteiger partial charge in [-0.3, -0.25) is 4.98 Å². The zero-order chi connectivity index (χ0) is 15.7. The highest BCUT2D eigenvalue weighted by Crippen LogP contribution is 2.32. The average molecular weight is 323 g/mol. The van der Waals surface area contributed by atoms with Gasteiger partial charge in [0.15, 0.2) is 0 Å². The fraction of sp³-hybridized carbons (Fsp3) is 0.200. The Balaban J connectivity index is 1.92. The molecule has 22 heavy (non-hydrogen) atoms. The Labute approximate surface area is 128 Å². The van der Waals surface area contributed by atoms with Crippen LogP contribution in [0.3, 0.4) is 0 Å². The zero-order valence-electron chi connectivity index (χ0n) is 11.6. The fourth-order valence-corrected chi connectivity index (χ4v) is 2.87. The topological polar surface area (TPSA) is 37.8 Å². The molecule has 0 saturated carbocycles. The summed E-state index contributed by atoms with van der Waals surface area (Å²) in [6.07, 6.45) is -2.86. The van der Waals surface area contributed by atoms with Crippen molar-refractivity contribution >= 4 is 27.9 Å². The van der Waals surface area contributed by atoms with Crippen molar-refractivity contribution in [3.05, 3.63) is 52.1 Å². The number of anilines is 1. The van der Waals surface area contributed by atoms with Gasteiger partial charge in [-0.2, -0.15) is 13.2 Å². The number of nitrogens with zero attached hydrogens (tertiary/aromatic N) is 2. The molecule has 1 aromatic carbocycles. The highest BCUT2D eigenvalue weighted by Gasteiger charge is 2.30. The first-order valence-electron chi connectivity index (χ1n) is 6.54. The van der Waals surface area contributed by atoms with Crippen LogP contribution in [0.2, 0.25) is 0 Å². The summed E-state index contributed by atoms with van der Waals surface area (Å²) in [7, 11) is 0. The summed E-state index contributed by atoms with van der Waals surface area (Å²) in [5, 5.41) is 3.90. The first kappa shape index (κ1) is 14.8. The van der Waals surface area contributed by atoms with Gasteiger partial charge in [-0.1, -0.05) is 6.07 Å². The summed E-state index contributed by atoms with van der Waals surface area (Å²) in [6.45, 7) is 2.50. The molecule has 2 aromatic heterocycles. The number of thiazole rings is 1. The Kier molecular flexibility index (Phi) is 3.74. The number of aromatic nitrogens is 2. The van der Waals surface area contributed by atoms with E-state index in [0.717, 1.165) is 28.4 Å². The highest BCUT2D eigenvalue weighted by molar-refractivity contribution is 7.09. The van der Waals surface area contributed by atoms with Gasteiger partial charge in [-0.05, 0) is 25.1 Å². The molecule has 0 aliphatic rings. The summed E-state index contributed by atoms with van der Waals surface area (Å²) in [5.74, 6) is 0. The number of rotatable bonds is 3. The zero-order valence-corrected chi connectivity index (χ0v) is 12.4. The van der Waals surface area contributed by atoms with Crippen LogP contribution in [0.1, 0.15) is 16.1 Å². The number of hydrogen-bond donors (Lipinski definition) is 1. The Hall–Kier alpha value is -2.15. The maximum Gasteiger partial charge on any atom is 0.416 e. The number of nitrogens with one attached hydrogen (secondary N) is 1. The van der Waals surface area contributed by atoms with Gasteiger partial charge >= 0.3 is 6.18 Å². The van der Waals surface area contributed by atoms with Gasteiger partial charge in [0.05, 0.1) is 28.8 Å². The standard InChI is InChI=1S/C15H12F3N3S/c1-9-14(22-8-21-9)7-20-12-4-5-19-13-6-10(15(16,17)18)2-3-11(12)13/h2-6,8H,7H2,1H3,(H,19,20). The van der Waals surface area contributed by atoms with Crippen molar-refractivity contribution in [2.75, 3.05) is 5.32 Å². The number of fused-ring (bicyclic) bond motifs is 1. The molecule has 3 nitrogen and oxygen atoms in total. The van der Waals surface area contributed by atoms with Crippen LogP contribution in [0.4, 0.5) is 18.9 Å². The number of benzene rings is 1. The summed E-state index contributed by atoms with van der Waals surface area (Å²) in [5.41, 5.74) is 3.11. The molecule has 0 radical (unpaired) electrons. The van der Waals surface area contributed by atoms with Crippen LogP contribution in [0, 0.1) is 6.92 Å². The van der Waals surface area contributed by atoms with Crippen LogP contribution in [0.25, 0.3) is 10.9 Å². The first-order valence-corrected chi connectivity index (χ1v) is 7.42. The van der Waals surface area contributed by atoms with Crippen LogP contribution in [0.5, 0.6) is 0 Å². The van der Waals surface area contributed by atoms with Crippen molar-refractivity contribution in [3.8, 4) is 0 Å². The molecule has 114 valence electrons. The van der Waals surface area contributed by atoms with Crippen LogP contribution in [-0.2, 0) is 12.7 Å². The monoisotopic (exact) mass is 323 g/mol. The minimum absolute atomic E-state index is 0.320. The molecule has 7 heteroatoms. The van der Waals surface area contributed by atoms with Crippen LogP contribution in [-0.4, -0.2) is 9.97 Å². The van der Waals surface area contributed by atoms with E-state index < -0.39 is 11.7 Å². The minimum atomic E-state index is -4.36. The number of pyridine rings is 1. The van der Waals surface area contributed by atoms with Crippen molar-refractivity contribution in [3.63, 3.8) is 0 Å². The largest absolute Gasteiger partial charge is 0.416 e. The molecule has 0 spiro atoms. The predicted octanol–water partition coefficient (Wildman–Crippen LogP) is 4.63. The SMILES string of the molecule is Cc1ncsc1CNc1ccnc2cc(C(F)(F)F)ccc12. The second-order valence-electron chi connectivity index (χ2n) is 4.80. The van der Waals surface area contributed by atoms with E-state index in [2.05, 4.69) is 15.3 Å². The number of alkyl halides is 3. The van der Waals surface area contributed by atoms with E-state index in [0.29, 0.717) is 17.4 Å². The lowest BCUT2D eigenvalue weighted by molar-refractivity contribution is -0.137. The molecule has 0 atom stereocenters. The Bertz CT molecular complexity index is 811. The van der Waals surface area contributed by atoms with Crippen molar-refractivity contribution in [1.29, 1.82) is 0 Å². The van der Waals surface area contributed by atoms with Crippen molar-refractivity contribution in [2.45, 2.75) is 19.6 Å². The summed E-state index contributed by atoms with van der Waals surface area (Å²) in [4.78, 5) is 9.29. The second-order valence-corrected chi connectivity index (χ2v) is 5.74. The van der Waals surface area contributed by atoms with Crippen LogP contribution in [0.15, 0.2) is 36.0 Å². The summed E-state index contributed by atoms with van der Waals surface area (Å²) < 4.78 is 38.2. The molecule has 0 amide bonds. The van der Waals surface area contributed by atoms with Gasteiger partial charge in [-0.25, -0.2) is 4.98 Å². The molecule has 2 heterocycles. The van der Waals surface area contributed by atoms with Gasteiger partial charge in [0.2, 0.25) is 0 Å². The van der Waals surface area contributed by atoms with Crippen LogP contribution < -0.4 is 5.32 Å². The molecule has 3 rings (SSSR count). The lowest BCUT2D eigenvalue weighted by atomic mass is 10.1. The molecule has 1 N–H and O–H groups in total. The van der Waals surface area contributed by atoms with Gasteiger partial charge < -0.3 is 5.32 Å². The Morgan fingerprint density at radius 3 is 2.68 bits per heavy atom. The number of halogens is 3. The van der Waals surface area contributed by atoms with Crippen molar-refractivity contribution < 1.29 is 13.2 Å². The number of aryl methyl sites for hydroxylation is 1. The molecule has 0 saturated heterocycles. The van der Waals surface area contributed by atoms with Crippen molar-refractivity contribution in [2.24, 2.45) is 0 Å².